The fraction of sp³-hybridized carbons (Fsp3) is 0.208. The molecular formula is C24H22N6O2. The van der Waals surface area contributed by atoms with E-state index in [4.69, 9.17) is 15.7 Å². The minimum absolute atomic E-state index is 0.0702. The molecule has 3 heterocycles. The number of rotatable bonds is 4. The van der Waals surface area contributed by atoms with Crippen molar-refractivity contribution in [3.8, 4) is 23.3 Å². The third kappa shape index (κ3) is 3.49. The van der Waals surface area contributed by atoms with Crippen LogP contribution < -0.4 is 21.5 Å². The molecule has 0 bridgehead atoms. The molecule has 0 saturated carbocycles. The van der Waals surface area contributed by atoms with Crippen LogP contribution in [0.5, 0.6) is 11.5 Å². The second-order valence-corrected chi connectivity index (χ2v) is 7.78. The van der Waals surface area contributed by atoms with Crippen LogP contribution in [0.3, 0.4) is 0 Å². The Bertz CT molecular complexity index is 1360. The minimum atomic E-state index is -0.130. The number of benzene rings is 2. The van der Waals surface area contributed by atoms with Gasteiger partial charge in [-0.2, -0.15) is 5.26 Å². The fourth-order valence-electron chi connectivity index (χ4n) is 4.23. The van der Waals surface area contributed by atoms with Crippen molar-refractivity contribution in [3.05, 3.63) is 76.8 Å². The average molecular weight is 426 g/mol. The van der Waals surface area contributed by atoms with E-state index in [1.54, 1.807) is 47.2 Å². The van der Waals surface area contributed by atoms with Crippen molar-refractivity contribution in [2.24, 2.45) is 0 Å². The Balaban J connectivity index is 1.53. The number of anilines is 1. The first-order valence-corrected chi connectivity index (χ1v) is 10.5. The number of fused-ring (bicyclic) bond motifs is 1. The first-order valence-electron chi connectivity index (χ1n) is 10.5. The van der Waals surface area contributed by atoms with Crippen LogP contribution in [0.15, 0.2) is 65.6 Å². The Hall–Kier alpha value is -4.09. The predicted molar refractivity (Wildman–Crippen MR) is 122 cm³/mol. The van der Waals surface area contributed by atoms with Gasteiger partial charge >= 0.3 is 5.69 Å². The van der Waals surface area contributed by atoms with Gasteiger partial charge in [0.2, 0.25) is 0 Å². The van der Waals surface area contributed by atoms with Gasteiger partial charge in [-0.15, -0.1) is 0 Å². The molecule has 3 N–H and O–H groups in total. The monoisotopic (exact) mass is 426 g/mol. The molecule has 32 heavy (non-hydrogen) atoms. The molecule has 0 aliphatic carbocycles. The summed E-state index contributed by atoms with van der Waals surface area (Å²) in [6.07, 6.45) is 3.60. The van der Waals surface area contributed by atoms with Gasteiger partial charge in [-0.25, -0.2) is 9.78 Å². The average Bonchev–Trinajstić information content (AvgIpc) is 3.14. The van der Waals surface area contributed by atoms with Crippen molar-refractivity contribution < 1.29 is 4.74 Å². The number of hydrogen-bond acceptors (Lipinski definition) is 6. The molecule has 1 aliphatic heterocycles. The van der Waals surface area contributed by atoms with E-state index in [2.05, 4.69) is 16.4 Å². The molecule has 8 nitrogen and oxygen atoms in total. The largest absolute Gasteiger partial charge is 0.457 e. The highest BCUT2D eigenvalue weighted by molar-refractivity contribution is 5.87. The summed E-state index contributed by atoms with van der Waals surface area (Å²) >= 11 is 0. The fourth-order valence-corrected chi connectivity index (χ4v) is 4.23. The zero-order valence-corrected chi connectivity index (χ0v) is 17.4. The minimum Gasteiger partial charge on any atom is -0.457 e. The number of nitrogens with one attached hydrogen (secondary N) is 1. The number of aromatic nitrogens is 3. The van der Waals surface area contributed by atoms with Crippen LogP contribution in [0.2, 0.25) is 0 Å². The van der Waals surface area contributed by atoms with E-state index in [-0.39, 0.29) is 11.7 Å². The molecule has 0 radical (unpaired) electrons. The van der Waals surface area contributed by atoms with Crippen molar-refractivity contribution in [1.82, 2.24) is 19.4 Å². The Labute approximate surface area is 184 Å². The van der Waals surface area contributed by atoms with Crippen LogP contribution in [0.4, 0.5) is 5.82 Å². The Morgan fingerprint density at radius 3 is 2.47 bits per heavy atom. The van der Waals surface area contributed by atoms with Crippen LogP contribution in [0, 0.1) is 11.3 Å². The molecule has 0 unspecified atom stereocenters. The molecule has 2 aromatic heterocycles. The van der Waals surface area contributed by atoms with Gasteiger partial charge in [-0.3, -0.25) is 9.13 Å². The van der Waals surface area contributed by atoms with Gasteiger partial charge < -0.3 is 15.8 Å². The van der Waals surface area contributed by atoms with Crippen molar-refractivity contribution in [2.45, 2.75) is 18.9 Å². The molecule has 0 spiro atoms. The lowest BCUT2D eigenvalue weighted by molar-refractivity contribution is 0.370. The summed E-state index contributed by atoms with van der Waals surface area (Å²) in [6.45, 7) is 1.72. The third-order valence-electron chi connectivity index (χ3n) is 5.76. The molecule has 1 atom stereocenters. The second kappa shape index (κ2) is 8.21. The highest BCUT2D eigenvalue weighted by atomic mass is 16.5. The number of nitriles is 1. The van der Waals surface area contributed by atoms with E-state index in [1.807, 2.05) is 22.8 Å². The summed E-state index contributed by atoms with van der Waals surface area (Å²) < 4.78 is 9.32. The standard InChI is InChI=1S/C24H22N6O2/c25-14-16-3-7-19(8-4-16)32-20-9-5-17(6-10-20)30-22-21(11-13-28-23(22)26)29(24(30)31)18-2-1-12-27-15-18/h3-11,13,18,27H,1-2,12,15H2,(H2,26,28)/t18-/m1/s1. The van der Waals surface area contributed by atoms with E-state index in [9.17, 15) is 4.79 Å². The van der Waals surface area contributed by atoms with E-state index in [0.29, 0.717) is 34.1 Å². The molecule has 0 amide bonds. The first-order chi connectivity index (χ1) is 15.7. The summed E-state index contributed by atoms with van der Waals surface area (Å²) in [7, 11) is 0. The van der Waals surface area contributed by atoms with Gasteiger partial charge in [-0.1, -0.05) is 0 Å². The molecular weight excluding hydrogens is 404 g/mol. The lowest BCUT2D eigenvalue weighted by atomic mass is 10.1. The first kappa shape index (κ1) is 19.8. The summed E-state index contributed by atoms with van der Waals surface area (Å²) in [4.78, 5) is 17.8. The van der Waals surface area contributed by atoms with Gasteiger partial charge in [0.15, 0.2) is 0 Å². The summed E-state index contributed by atoms with van der Waals surface area (Å²) in [5.74, 6) is 1.57. The van der Waals surface area contributed by atoms with Crippen molar-refractivity contribution in [2.75, 3.05) is 18.8 Å². The maximum atomic E-state index is 13.5. The van der Waals surface area contributed by atoms with E-state index < -0.39 is 0 Å². The lowest BCUT2D eigenvalue weighted by Gasteiger charge is -2.23. The molecule has 4 aromatic rings. The van der Waals surface area contributed by atoms with E-state index in [0.717, 1.165) is 31.4 Å². The predicted octanol–water partition coefficient (Wildman–Crippen LogP) is 3.36. The number of hydrogen-bond donors (Lipinski definition) is 2. The number of ether oxygens (including phenoxy) is 1. The topological polar surface area (TPSA) is 111 Å². The molecule has 1 aliphatic rings. The van der Waals surface area contributed by atoms with Gasteiger partial charge in [-0.05, 0) is 74.0 Å². The molecule has 5 rings (SSSR count). The van der Waals surface area contributed by atoms with Crippen LogP contribution in [0.1, 0.15) is 24.4 Å². The summed E-state index contributed by atoms with van der Waals surface area (Å²) in [6, 6.07) is 18.2. The number of pyridine rings is 1. The van der Waals surface area contributed by atoms with E-state index in [1.165, 1.54) is 0 Å². The van der Waals surface area contributed by atoms with Crippen LogP contribution >= 0.6 is 0 Å². The SMILES string of the molecule is N#Cc1ccc(Oc2ccc(-n3c(=O)n([C@@H]4CCCNC4)c4ccnc(N)c43)cc2)cc1. The van der Waals surface area contributed by atoms with Gasteiger partial charge in [0.05, 0.1) is 28.9 Å². The quantitative estimate of drug-likeness (QED) is 0.518. The number of piperidine rings is 1. The molecule has 1 fully saturated rings. The Morgan fingerprint density at radius 2 is 1.81 bits per heavy atom. The maximum absolute atomic E-state index is 13.5. The van der Waals surface area contributed by atoms with Gasteiger partial charge in [0, 0.05) is 12.7 Å². The molecule has 2 aromatic carbocycles. The highest BCUT2D eigenvalue weighted by Gasteiger charge is 2.24. The van der Waals surface area contributed by atoms with Gasteiger partial charge in [0.1, 0.15) is 22.8 Å². The maximum Gasteiger partial charge on any atom is 0.334 e. The number of nitrogen functional groups attached to an aromatic ring is 1. The summed E-state index contributed by atoms with van der Waals surface area (Å²) in [5.41, 5.74) is 8.75. The Morgan fingerprint density at radius 1 is 1.09 bits per heavy atom. The van der Waals surface area contributed by atoms with Crippen LogP contribution in [-0.2, 0) is 0 Å². The third-order valence-corrected chi connectivity index (χ3v) is 5.76. The number of nitrogens with two attached hydrogens (primary N) is 1. The summed E-state index contributed by atoms with van der Waals surface area (Å²) in [5, 5.41) is 12.3. The van der Waals surface area contributed by atoms with Crippen molar-refractivity contribution in [1.29, 1.82) is 5.26 Å². The zero-order chi connectivity index (χ0) is 22.1. The Kier molecular flexibility index (Phi) is 5.09. The number of nitrogens with zero attached hydrogens (tertiary/aromatic N) is 4. The van der Waals surface area contributed by atoms with Crippen LogP contribution in [-0.4, -0.2) is 27.2 Å². The van der Waals surface area contributed by atoms with Crippen molar-refractivity contribution in [3.63, 3.8) is 0 Å². The molecule has 160 valence electrons. The molecule has 8 heteroatoms. The second-order valence-electron chi connectivity index (χ2n) is 7.78. The van der Waals surface area contributed by atoms with Crippen molar-refractivity contribution >= 4 is 16.9 Å². The lowest BCUT2D eigenvalue weighted by Crippen LogP contribution is -2.36. The normalized spacial score (nSPS) is 16.0. The molecule has 1 saturated heterocycles. The van der Waals surface area contributed by atoms with Crippen LogP contribution in [0.25, 0.3) is 16.7 Å². The smallest absolute Gasteiger partial charge is 0.334 e. The highest BCUT2D eigenvalue weighted by Crippen LogP contribution is 2.28. The number of imidazole rings is 1. The zero-order valence-electron chi connectivity index (χ0n) is 17.4. The van der Waals surface area contributed by atoms with E-state index >= 15 is 0 Å². The van der Waals surface area contributed by atoms with Gasteiger partial charge in [0.25, 0.3) is 0 Å².